The van der Waals surface area contributed by atoms with Crippen LogP contribution in [-0.2, 0) is 62.1 Å². The Morgan fingerprint density at radius 3 is 1.38 bits per heavy atom. The van der Waals surface area contributed by atoms with Gasteiger partial charge in [0.25, 0.3) is 17.7 Å². The molecule has 12 heterocycles. The van der Waals surface area contributed by atoms with Crippen LogP contribution < -0.4 is 31.5 Å². The summed E-state index contributed by atoms with van der Waals surface area (Å²) in [5, 5.41) is 26.1. The zero-order valence-electron chi connectivity index (χ0n) is 62.1. The van der Waals surface area contributed by atoms with Crippen LogP contribution in [0.3, 0.4) is 0 Å². The normalized spacial score (nSPS) is 15.2. The predicted octanol–water partition coefficient (Wildman–Crippen LogP) is 9.00. The summed E-state index contributed by atoms with van der Waals surface area (Å²) in [7, 11) is 0. The highest BCUT2D eigenvalue weighted by atomic mass is 16.5. The smallest absolute Gasteiger partial charge is 0.354 e. The van der Waals surface area contributed by atoms with Gasteiger partial charge in [-0.25, -0.2) is 39.3 Å². The third kappa shape index (κ3) is 16.0. The van der Waals surface area contributed by atoms with Crippen molar-refractivity contribution in [3.8, 4) is 17.2 Å². The van der Waals surface area contributed by atoms with Crippen molar-refractivity contribution in [2.24, 2.45) is 5.73 Å². The largest absolute Gasteiger partial charge is 0.503 e. The number of aromatic carboxylic acids is 1. The van der Waals surface area contributed by atoms with E-state index in [0.29, 0.717) is 113 Å². The number of carbonyl (C=O) groups is 6. The third-order valence-corrected chi connectivity index (χ3v) is 20.3. The highest BCUT2D eigenvalue weighted by Crippen LogP contribution is 2.42. The minimum atomic E-state index is -0.993. The van der Waals surface area contributed by atoms with Gasteiger partial charge in [0, 0.05) is 118 Å². The molecule has 7 N–H and O–H groups in total. The van der Waals surface area contributed by atoms with E-state index in [0.717, 1.165) is 53.8 Å². The Bertz CT molecular complexity index is 5610. The average molecular weight is 1510 g/mol. The van der Waals surface area contributed by atoms with E-state index in [9.17, 15) is 48.3 Å². The number of benzene rings is 2. The van der Waals surface area contributed by atoms with Gasteiger partial charge in [0.1, 0.15) is 48.6 Å². The van der Waals surface area contributed by atoms with Crippen LogP contribution in [0.15, 0.2) is 130 Å². The summed E-state index contributed by atoms with van der Waals surface area (Å²) in [5.74, 6) is -2.20. The number of fused-ring (bicyclic) bond motifs is 6. The minimum absolute atomic E-state index is 0.00351. The molecular weight excluding hydrogens is 1420 g/mol. The first-order valence-electron chi connectivity index (χ1n) is 37.1. The highest BCUT2D eigenvalue weighted by molar-refractivity contribution is 6.03. The Morgan fingerprint density at radius 1 is 0.523 bits per heavy atom. The number of nitrogens with two attached hydrogens (primary N) is 1. The molecule has 0 spiro atoms. The van der Waals surface area contributed by atoms with Gasteiger partial charge in [-0.2, -0.15) is 5.10 Å². The van der Waals surface area contributed by atoms with Crippen LogP contribution in [0.5, 0.6) is 17.2 Å². The summed E-state index contributed by atoms with van der Waals surface area (Å²) >= 11 is 0. The van der Waals surface area contributed by atoms with Crippen molar-refractivity contribution in [3.63, 3.8) is 0 Å². The standard InChI is InChI=1S/C29H29N5O5.C22H23N5O5.C19H23N3O3.C10H9N3O2/c1-17(2)33-10-11-34-20(12-23(35)26(25(34)28(33)36)38-15-18-6-4-3-5-7-18)16-39-29(37)21-13-30-27-24(21)32-22(14-31-27)19-8-9-19;1-11(2)26-5-6-27-13(7-16(28)19(29)18(27)21(26)30)10-32-22(31)14-8-23-20-17(14)25-15(9-24-20)12-3-4-12;1-13(2)21-8-9-22-15(11-20)10-16(23)18(17(22)19(21)24)25-12-14-6-4-3-5-7-14;14-10(15)8-7-3-6(5-1-2-5)4-11-9(7)13-12-8/h3-7,12-14,17,19H,8-11,15-16H2,1-2H3,(H,30,31);7-9,11-12,29H,3-6,10H2,1-2H3,(H,23,24);3-7,10,13H,8-9,11-12,20H2,1-2H3;3-5H,1-2H2,(H,14,15)(H,11,12,13). The molecule has 2 aromatic carbocycles. The predicted molar refractivity (Wildman–Crippen MR) is 405 cm³/mol. The second-order valence-electron chi connectivity index (χ2n) is 28.9. The fraction of sp³-hybridized carbons (Fsp3) is 0.362. The van der Waals surface area contributed by atoms with Crippen LogP contribution in [0.25, 0.3) is 33.4 Å². The number of carboxylic acids is 1. The number of esters is 2. The molecule has 0 unspecified atom stereocenters. The zero-order chi connectivity index (χ0) is 78.1. The molecule has 3 amide bonds. The second kappa shape index (κ2) is 31.9. The number of rotatable bonds is 20. The molecule has 3 aliphatic heterocycles. The number of H-pyrrole nitrogens is 3. The molecule has 574 valence electrons. The molecule has 11 aromatic rings. The van der Waals surface area contributed by atoms with Gasteiger partial charge < -0.3 is 73.3 Å². The van der Waals surface area contributed by atoms with Gasteiger partial charge in [-0.15, -0.1) is 0 Å². The quantitative estimate of drug-likeness (QED) is 0.0387. The van der Waals surface area contributed by atoms with Gasteiger partial charge in [-0.05, 0) is 109 Å². The van der Waals surface area contributed by atoms with Gasteiger partial charge in [0.2, 0.25) is 16.3 Å². The van der Waals surface area contributed by atoms with E-state index >= 15 is 0 Å². The molecule has 0 radical (unpaired) electrons. The number of hydrogen-bond acceptors (Lipinski definition) is 21. The fourth-order valence-corrected chi connectivity index (χ4v) is 13.8. The molecule has 17 rings (SSSR count). The molecule has 0 atom stereocenters. The number of aromatic amines is 3. The van der Waals surface area contributed by atoms with Gasteiger partial charge in [0.05, 0.1) is 40.6 Å². The number of nitrogens with one attached hydrogen (secondary N) is 3. The summed E-state index contributed by atoms with van der Waals surface area (Å²) < 4.78 is 28.0. The van der Waals surface area contributed by atoms with E-state index in [2.05, 4.69) is 45.1 Å². The third-order valence-electron chi connectivity index (χ3n) is 20.3. The Labute approximate surface area is 634 Å². The Hall–Kier alpha value is -12.7. The number of hydrogen-bond donors (Lipinski definition) is 6. The van der Waals surface area contributed by atoms with E-state index < -0.39 is 40.4 Å². The van der Waals surface area contributed by atoms with Crippen molar-refractivity contribution in [2.45, 2.75) is 169 Å². The monoisotopic (exact) mass is 1510 g/mol. The summed E-state index contributed by atoms with van der Waals surface area (Å²) in [5.41, 5.74) is 13.9. The lowest BCUT2D eigenvalue weighted by atomic mass is 10.1. The summed E-state index contributed by atoms with van der Waals surface area (Å²) in [6, 6.07) is 24.9. The SMILES string of the molecule is CC(C)N1CCn2c(CN)cc(=O)c(OCc3ccccc3)c2C1=O.CC(C)N1CCn2c(COC(=O)c3c[nH]c4ncc(C5CC5)nc34)cc(=O)c(O)c2C1=O.CC(C)N1CCn2c(COC(=O)c3c[nH]c4ncc(C5CC5)nc34)cc(=O)c(OCc3ccccc3)c2C1=O.O=C(O)c1[nH]nc2ncc(C3CC3)cc12. The van der Waals surface area contributed by atoms with Crippen molar-refractivity contribution >= 4 is 69.0 Å². The molecule has 0 saturated heterocycles. The van der Waals surface area contributed by atoms with Gasteiger partial charge in [0.15, 0.2) is 57.0 Å². The maximum absolute atomic E-state index is 13.5. The molecule has 0 bridgehead atoms. The summed E-state index contributed by atoms with van der Waals surface area (Å²) in [4.78, 5) is 147. The van der Waals surface area contributed by atoms with Crippen molar-refractivity contribution in [3.05, 3.63) is 226 Å². The second-order valence-corrected chi connectivity index (χ2v) is 28.9. The lowest BCUT2D eigenvalue weighted by Gasteiger charge is -2.34. The van der Waals surface area contributed by atoms with Crippen LogP contribution in [-0.4, -0.2) is 157 Å². The van der Waals surface area contributed by atoms with E-state index in [4.69, 9.17) is 29.8 Å². The minimum Gasteiger partial charge on any atom is -0.503 e. The highest BCUT2D eigenvalue weighted by Gasteiger charge is 2.37. The van der Waals surface area contributed by atoms with Crippen LogP contribution in [0.1, 0.15) is 206 Å². The number of carboxylic acid groups (broad SMARTS) is 1. The maximum atomic E-state index is 13.5. The molecule has 111 heavy (non-hydrogen) atoms. The number of carbonyl (C=O) groups excluding carboxylic acids is 5. The first-order chi connectivity index (χ1) is 53.5. The van der Waals surface area contributed by atoms with Crippen molar-refractivity contribution in [1.82, 2.24) is 73.5 Å². The molecule has 3 saturated carbocycles. The first kappa shape index (κ1) is 75.2. The Balaban J connectivity index is 0.000000129. The van der Waals surface area contributed by atoms with Crippen LogP contribution >= 0.6 is 0 Å². The van der Waals surface area contributed by atoms with Crippen molar-refractivity contribution < 1.29 is 57.9 Å². The topological polar surface area (TPSA) is 406 Å². The van der Waals surface area contributed by atoms with Crippen LogP contribution in [0.4, 0.5) is 0 Å². The van der Waals surface area contributed by atoms with E-state index in [1.165, 1.54) is 43.4 Å². The number of pyridine rings is 4. The summed E-state index contributed by atoms with van der Waals surface area (Å²) in [6.07, 6.45) is 14.9. The maximum Gasteiger partial charge on any atom is 0.354 e. The Kier molecular flexibility index (Phi) is 21.6. The number of aromatic nitrogens is 12. The fourth-order valence-electron chi connectivity index (χ4n) is 13.8. The molecular formula is C80H84N16O15. The van der Waals surface area contributed by atoms with Crippen molar-refractivity contribution in [1.29, 1.82) is 0 Å². The molecule has 9 aromatic heterocycles. The molecule has 31 heteroatoms. The number of amides is 3. The Morgan fingerprint density at radius 2 is 0.946 bits per heavy atom. The molecule has 31 nitrogen and oxygen atoms in total. The number of nitrogens with zero attached hydrogens (tertiary/aromatic N) is 12. The molecule has 6 aliphatic rings. The van der Waals surface area contributed by atoms with Gasteiger partial charge in [-0.3, -0.25) is 33.9 Å². The first-order valence-corrected chi connectivity index (χ1v) is 37.1. The lowest BCUT2D eigenvalue weighted by Crippen LogP contribution is -2.46. The van der Waals surface area contributed by atoms with Crippen LogP contribution in [0.2, 0.25) is 0 Å². The number of ether oxygens (including phenoxy) is 4. The van der Waals surface area contributed by atoms with E-state index in [-0.39, 0.29) is 108 Å². The van der Waals surface area contributed by atoms with Crippen LogP contribution in [0, 0.1) is 0 Å². The molecule has 3 aliphatic carbocycles. The lowest BCUT2D eigenvalue weighted by molar-refractivity contribution is 0.0447. The average Bonchev–Trinajstić information content (AvgIpc) is 1.71. The van der Waals surface area contributed by atoms with E-state index in [1.807, 2.05) is 113 Å². The van der Waals surface area contributed by atoms with Gasteiger partial charge in [-0.1, -0.05) is 60.7 Å². The number of aromatic hydroxyl groups is 1. The van der Waals surface area contributed by atoms with Crippen molar-refractivity contribution in [2.75, 3.05) is 19.6 Å². The zero-order valence-corrected chi connectivity index (χ0v) is 62.1. The van der Waals surface area contributed by atoms with Gasteiger partial charge >= 0.3 is 17.9 Å². The summed E-state index contributed by atoms with van der Waals surface area (Å²) in [6.45, 7) is 14.6. The molecule has 3 fully saturated rings. The van der Waals surface area contributed by atoms with E-state index in [1.54, 1.807) is 42.4 Å².